The number of halogens is 3. The third-order valence-corrected chi connectivity index (χ3v) is 9.63. The van der Waals surface area contributed by atoms with E-state index in [0.717, 1.165) is 20.3 Å². The van der Waals surface area contributed by atoms with Crippen LogP contribution in [-0.2, 0) is 19.8 Å². The first-order valence-electron chi connectivity index (χ1n) is 13.8. The van der Waals surface area contributed by atoms with Gasteiger partial charge in [0.25, 0.3) is 0 Å². The highest BCUT2D eigenvalue weighted by Gasteiger charge is 2.61. The molecule has 0 radical (unpaired) electrons. The quantitative estimate of drug-likeness (QED) is 0.305. The van der Waals surface area contributed by atoms with Crippen molar-refractivity contribution in [3.05, 3.63) is 91.0 Å². The normalized spacial score (nSPS) is 24.3. The molecule has 42 heavy (non-hydrogen) atoms. The fourth-order valence-corrected chi connectivity index (χ4v) is 7.59. The van der Waals surface area contributed by atoms with Gasteiger partial charge in [-0.25, -0.2) is 0 Å². The Morgan fingerprint density at radius 3 is 2.55 bits per heavy atom. The molecule has 3 aliphatic heterocycles. The predicted octanol–water partition coefficient (Wildman–Crippen LogP) is 5.16. The van der Waals surface area contributed by atoms with Crippen LogP contribution in [0.5, 0.6) is 5.75 Å². The van der Waals surface area contributed by atoms with Crippen molar-refractivity contribution < 1.29 is 19.1 Å². The highest BCUT2D eigenvalue weighted by molar-refractivity contribution is 14.1. The molecule has 2 saturated heterocycles. The van der Waals surface area contributed by atoms with E-state index in [0.29, 0.717) is 47.4 Å². The van der Waals surface area contributed by atoms with Gasteiger partial charge in [-0.3, -0.25) is 19.3 Å². The van der Waals surface area contributed by atoms with Gasteiger partial charge in [0.1, 0.15) is 17.3 Å². The predicted molar refractivity (Wildman–Crippen MR) is 170 cm³/mol. The first kappa shape index (κ1) is 29.2. The summed E-state index contributed by atoms with van der Waals surface area (Å²) in [6.07, 6.45) is 1.43. The SMILES string of the molecule is NC(=O)CN1CCC(Oc2ccc(I)cc2[C@H]2NC(=O)C[C@@H](c3cccc(Cl)c3)[C@]23C(=O)Nc2cc(Cl)ccc23)CC1. The number of hydrogen-bond donors (Lipinski definition) is 3. The summed E-state index contributed by atoms with van der Waals surface area (Å²) in [6.45, 7) is 1.59. The van der Waals surface area contributed by atoms with Gasteiger partial charge in [-0.05, 0) is 89.0 Å². The van der Waals surface area contributed by atoms with Crippen LogP contribution in [0, 0.1) is 3.57 Å². The van der Waals surface area contributed by atoms with Gasteiger partial charge in [0, 0.05) is 50.3 Å². The fourth-order valence-electron chi connectivity index (χ4n) is 6.71. The molecule has 3 heterocycles. The Hall–Kier alpha value is -2.86. The highest BCUT2D eigenvalue weighted by Crippen LogP contribution is 2.58. The van der Waals surface area contributed by atoms with E-state index in [-0.39, 0.29) is 36.8 Å². The molecule has 1 spiro atoms. The van der Waals surface area contributed by atoms with Gasteiger partial charge < -0.3 is 21.1 Å². The van der Waals surface area contributed by atoms with Gasteiger partial charge in [-0.2, -0.15) is 0 Å². The maximum absolute atomic E-state index is 14.4. The summed E-state index contributed by atoms with van der Waals surface area (Å²) in [5, 5.41) is 7.29. The lowest BCUT2D eigenvalue weighted by Gasteiger charge is -2.47. The third-order valence-electron chi connectivity index (χ3n) is 8.49. The van der Waals surface area contributed by atoms with Gasteiger partial charge in [0.2, 0.25) is 17.7 Å². The lowest BCUT2D eigenvalue weighted by Crippen LogP contribution is -2.57. The number of hydrogen-bond acceptors (Lipinski definition) is 5. The number of fused-ring (bicyclic) bond motifs is 2. The minimum Gasteiger partial charge on any atom is -0.490 e. The summed E-state index contributed by atoms with van der Waals surface area (Å²) >= 11 is 15.0. The average molecular weight is 719 g/mol. The summed E-state index contributed by atoms with van der Waals surface area (Å²) in [5.41, 5.74) is 7.09. The topological polar surface area (TPSA) is 114 Å². The lowest BCUT2D eigenvalue weighted by atomic mass is 9.59. The Labute approximate surface area is 267 Å². The Morgan fingerprint density at radius 2 is 1.81 bits per heavy atom. The van der Waals surface area contributed by atoms with Crippen molar-refractivity contribution in [1.82, 2.24) is 10.2 Å². The first-order valence-corrected chi connectivity index (χ1v) is 15.6. The maximum atomic E-state index is 14.4. The number of nitrogens with one attached hydrogen (secondary N) is 2. The Kier molecular flexibility index (Phi) is 8.12. The van der Waals surface area contributed by atoms with Crippen LogP contribution in [0.15, 0.2) is 60.7 Å². The molecule has 3 amide bonds. The Balaban J connectivity index is 1.46. The summed E-state index contributed by atoms with van der Waals surface area (Å²) in [6, 6.07) is 17.9. The van der Waals surface area contributed by atoms with Gasteiger partial charge in [-0.1, -0.05) is 41.4 Å². The molecule has 3 atom stereocenters. The minimum atomic E-state index is -1.20. The number of carbonyl (C=O) groups excluding carboxylic acids is 3. The monoisotopic (exact) mass is 718 g/mol. The summed E-state index contributed by atoms with van der Waals surface area (Å²) in [5.74, 6) is -0.650. The van der Waals surface area contributed by atoms with Crippen molar-refractivity contribution in [3.63, 3.8) is 0 Å². The molecule has 2 fully saturated rings. The van der Waals surface area contributed by atoms with Gasteiger partial charge >= 0.3 is 0 Å². The van der Waals surface area contributed by atoms with E-state index in [1.165, 1.54) is 0 Å². The van der Waals surface area contributed by atoms with E-state index >= 15 is 0 Å². The zero-order chi connectivity index (χ0) is 29.6. The molecule has 0 aromatic heterocycles. The average Bonchev–Trinajstić information content (AvgIpc) is 3.22. The number of primary amides is 1. The fraction of sp³-hybridized carbons (Fsp3) is 0.323. The van der Waals surface area contributed by atoms with Crippen molar-refractivity contribution in [3.8, 4) is 5.75 Å². The van der Waals surface area contributed by atoms with Crippen molar-refractivity contribution in [2.45, 2.75) is 42.7 Å². The molecule has 3 aliphatic rings. The number of piperidine rings is 2. The number of nitrogens with two attached hydrogens (primary N) is 1. The van der Waals surface area contributed by atoms with Crippen LogP contribution in [-0.4, -0.2) is 48.4 Å². The lowest BCUT2D eigenvalue weighted by molar-refractivity contribution is -0.131. The molecule has 0 unspecified atom stereocenters. The number of likely N-dealkylation sites (tertiary alicyclic amines) is 1. The van der Waals surface area contributed by atoms with Crippen LogP contribution in [0.4, 0.5) is 5.69 Å². The Morgan fingerprint density at radius 1 is 1.05 bits per heavy atom. The number of anilines is 1. The molecule has 218 valence electrons. The number of ether oxygens (including phenoxy) is 1. The molecule has 11 heteroatoms. The van der Waals surface area contributed by atoms with Crippen molar-refractivity contribution in [1.29, 1.82) is 0 Å². The zero-order valence-corrected chi connectivity index (χ0v) is 26.2. The van der Waals surface area contributed by atoms with E-state index in [4.69, 9.17) is 33.7 Å². The summed E-state index contributed by atoms with van der Waals surface area (Å²) < 4.78 is 7.56. The maximum Gasteiger partial charge on any atom is 0.238 e. The van der Waals surface area contributed by atoms with E-state index in [1.807, 2.05) is 47.4 Å². The number of benzene rings is 3. The molecule has 3 aromatic carbocycles. The molecule has 6 rings (SSSR count). The van der Waals surface area contributed by atoms with Crippen LogP contribution in [0.25, 0.3) is 0 Å². The number of rotatable bonds is 6. The molecule has 4 N–H and O–H groups in total. The van der Waals surface area contributed by atoms with Crippen LogP contribution < -0.4 is 21.1 Å². The van der Waals surface area contributed by atoms with Gasteiger partial charge in [-0.15, -0.1) is 0 Å². The molecule has 0 aliphatic carbocycles. The van der Waals surface area contributed by atoms with Gasteiger partial charge in [0.05, 0.1) is 12.6 Å². The molecule has 8 nitrogen and oxygen atoms in total. The third kappa shape index (κ3) is 5.36. The van der Waals surface area contributed by atoms with Crippen LogP contribution in [0.1, 0.15) is 47.9 Å². The number of carbonyl (C=O) groups is 3. The second-order valence-electron chi connectivity index (χ2n) is 11.1. The largest absolute Gasteiger partial charge is 0.490 e. The first-order chi connectivity index (χ1) is 20.1. The van der Waals surface area contributed by atoms with E-state index in [2.05, 4.69) is 33.2 Å². The van der Waals surface area contributed by atoms with Crippen molar-refractivity contribution in [2.75, 3.05) is 25.0 Å². The molecule has 0 saturated carbocycles. The smallest absolute Gasteiger partial charge is 0.238 e. The summed E-state index contributed by atoms with van der Waals surface area (Å²) in [7, 11) is 0. The second-order valence-corrected chi connectivity index (χ2v) is 13.2. The molecular weight excluding hydrogens is 690 g/mol. The van der Waals surface area contributed by atoms with Crippen LogP contribution in [0.3, 0.4) is 0 Å². The Bertz CT molecular complexity index is 1580. The van der Waals surface area contributed by atoms with E-state index in [9.17, 15) is 14.4 Å². The van der Waals surface area contributed by atoms with Crippen molar-refractivity contribution >= 4 is 69.2 Å². The van der Waals surface area contributed by atoms with Crippen LogP contribution >= 0.6 is 45.8 Å². The van der Waals surface area contributed by atoms with Crippen LogP contribution in [0.2, 0.25) is 10.0 Å². The standard InChI is InChI=1S/C31H29Cl2IN4O4/c32-18-3-1-2-17(12-18)24-15-28(40)37-29(31(24)23-6-4-19(33)13-25(23)36-30(31)41)22-14-20(34)5-7-26(22)42-21-8-10-38(11-9-21)16-27(35)39/h1-7,12-14,21,24,29H,8-11,15-16H2,(H2,35,39)(H,36,41)(H,37,40)/t24-,29+,31-/m0/s1. The minimum absolute atomic E-state index is 0.101. The number of amides is 3. The number of nitrogens with zero attached hydrogens (tertiary/aromatic N) is 1. The van der Waals surface area contributed by atoms with Gasteiger partial charge in [0.15, 0.2) is 0 Å². The second kappa shape index (κ2) is 11.7. The zero-order valence-electron chi connectivity index (χ0n) is 22.5. The van der Waals surface area contributed by atoms with Crippen molar-refractivity contribution in [2.24, 2.45) is 5.73 Å². The molecule has 0 bridgehead atoms. The summed E-state index contributed by atoms with van der Waals surface area (Å²) in [4.78, 5) is 41.2. The highest BCUT2D eigenvalue weighted by atomic mass is 127. The van der Waals surface area contributed by atoms with E-state index < -0.39 is 17.4 Å². The van der Waals surface area contributed by atoms with E-state index in [1.54, 1.807) is 18.2 Å². The molecule has 3 aromatic rings. The molecular formula is C31H29Cl2IN4O4.